The molecule has 1 amide bonds. The van der Waals surface area contributed by atoms with Crippen LogP contribution in [-0.4, -0.2) is 16.0 Å². The molecule has 0 spiro atoms. The molecule has 6 heteroatoms. The van der Waals surface area contributed by atoms with Crippen molar-refractivity contribution in [1.82, 2.24) is 15.5 Å². The average molecular weight is 365 g/mol. The molecule has 1 aromatic heterocycles. The number of benzene rings is 2. The third kappa shape index (κ3) is 3.89. The van der Waals surface area contributed by atoms with Crippen LogP contribution in [0.4, 0.5) is 4.39 Å². The van der Waals surface area contributed by atoms with E-state index in [0.717, 1.165) is 18.4 Å². The Morgan fingerprint density at radius 2 is 2.04 bits per heavy atom. The van der Waals surface area contributed by atoms with Crippen LogP contribution in [0.15, 0.2) is 53.1 Å². The third-order valence-corrected chi connectivity index (χ3v) is 4.80. The Morgan fingerprint density at radius 1 is 1.26 bits per heavy atom. The standard InChI is InChI=1S/C21H20FN3O2/c1-13(20(26)23-12-19-24-21(27-25-19)15-7-8-15)16-9-10-17(18(22)11-16)14-5-3-2-4-6-14/h2-6,9-11,13,15H,7-8,12H2,1H3,(H,23,26). The maximum atomic E-state index is 14.5. The van der Waals surface area contributed by atoms with Gasteiger partial charge in [0, 0.05) is 11.5 Å². The largest absolute Gasteiger partial charge is 0.348 e. The number of aromatic nitrogens is 2. The van der Waals surface area contributed by atoms with Crippen molar-refractivity contribution in [3.8, 4) is 11.1 Å². The molecule has 0 radical (unpaired) electrons. The molecule has 1 aliphatic carbocycles. The zero-order valence-corrected chi connectivity index (χ0v) is 15.0. The van der Waals surface area contributed by atoms with Crippen LogP contribution in [0.5, 0.6) is 0 Å². The zero-order valence-electron chi connectivity index (χ0n) is 15.0. The number of nitrogens with zero attached hydrogens (tertiary/aromatic N) is 2. The number of nitrogens with one attached hydrogen (secondary N) is 1. The first kappa shape index (κ1) is 17.4. The topological polar surface area (TPSA) is 68.0 Å². The van der Waals surface area contributed by atoms with Gasteiger partial charge < -0.3 is 9.84 Å². The van der Waals surface area contributed by atoms with Gasteiger partial charge in [0.15, 0.2) is 5.82 Å². The Kier molecular flexibility index (Phi) is 4.71. The van der Waals surface area contributed by atoms with E-state index in [-0.39, 0.29) is 18.3 Å². The van der Waals surface area contributed by atoms with Gasteiger partial charge in [-0.15, -0.1) is 0 Å². The fraction of sp³-hybridized carbons (Fsp3) is 0.286. The predicted molar refractivity (Wildman–Crippen MR) is 98.4 cm³/mol. The summed E-state index contributed by atoms with van der Waals surface area (Å²) in [4.78, 5) is 16.7. The Hall–Kier alpha value is -3.02. The molecule has 1 fully saturated rings. The second-order valence-electron chi connectivity index (χ2n) is 6.87. The van der Waals surface area contributed by atoms with E-state index in [9.17, 15) is 9.18 Å². The van der Waals surface area contributed by atoms with Crippen molar-refractivity contribution in [2.45, 2.75) is 38.1 Å². The molecule has 0 saturated heterocycles. The lowest BCUT2D eigenvalue weighted by Crippen LogP contribution is -2.28. The second kappa shape index (κ2) is 7.31. The van der Waals surface area contributed by atoms with Crippen LogP contribution in [-0.2, 0) is 11.3 Å². The Morgan fingerprint density at radius 3 is 2.74 bits per heavy atom. The number of carbonyl (C=O) groups excluding carboxylic acids is 1. The molecular weight excluding hydrogens is 345 g/mol. The Labute approximate surface area is 156 Å². The summed E-state index contributed by atoms with van der Waals surface area (Å²) in [7, 11) is 0. The van der Waals surface area contributed by atoms with Crippen LogP contribution >= 0.6 is 0 Å². The second-order valence-corrected chi connectivity index (χ2v) is 6.87. The molecule has 1 aliphatic rings. The van der Waals surface area contributed by atoms with Gasteiger partial charge >= 0.3 is 0 Å². The van der Waals surface area contributed by atoms with Gasteiger partial charge in [0.05, 0.1) is 12.5 Å². The van der Waals surface area contributed by atoms with Crippen LogP contribution in [0.3, 0.4) is 0 Å². The van der Waals surface area contributed by atoms with E-state index in [2.05, 4.69) is 15.5 Å². The smallest absolute Gasteiger partial charge is 0.229 e. The maximum Gasteiger partial charge on any atom is 0.229 e. The Bertz CT molecular complexity index is 951. The first-order chi connectivity index (χ1) is 13.1. The van der Waals surface area contributed by atoms with Gasteiger partial charge in [0.2, 0.25) is 11.8 Å². The van der Waals surface area contributed by atoms with Gasteiger partial charge in [0.25, 0.3) is 0 Å². The highest BCUT2D eigenvalue weighted by molar-refractivity contribution is 5.83. The molecule has 0 bridgehead atoms. The normalized spacial score (nSPS) is 14.7. The van der Waals surface area contributed by atoms with Crippen molar-refractivity contribution in [3.05, 3.63) is 71.6 Å². The molecule has 4 rings (SSSR count). The lowest BCUT2D eigenvalue weighted by atomic mass is 9.96. The van der Waals surface area contributed by atoms with Crippen LogP contribution in [0.25, 0.3) is 11.1 Å². The summed E-state index contributed by atoms with van der Waals surface area (Å²) in [6.45, 7) is 1.95. The minimum Gasteiger partial charge on any atom is -0.348 e. The number of halogens is 1. The van der Waals surface area contributed by atoms with E-state index < -0.39 is 5.92 Å². The molecule has 1 saturated carbocycles. The highest BCUT2D eigenvalue weighted by Crippen LogP contribution is 2.38. The molecule has 1 heterocycles. The van der Waals surface area contributed by atoms with Gasteiger partial charge in [-0.2, -0.15) is 4.98 Å². The van der Waals surface area contributed by atoms with Crippen LogP contribution < -0.4 is 5.32 Å². The first-order valence-electron chi connectivity index (χ1n) is 9.07. The lowest BCUT2D eigenvalue weighted by molar-refractivity contribution is -0.122. The SMILES string of the molecule is CC(C(=O)NCc1noc(C2CC2)n1)c1ccc(-c2ccccc2)c(F)c1. The van der Waals surface area contributed by atoms with Crippen molar-refractivity contribution >= 4 is 5.91 Å². The molecule has 3 aromatic rings. The monoisotopic (exact) mass is 365 g/mol. The average Bonchev–Trinajstić information content (AvgIpc) is 3.44. The minimum absolute atomic E-state index is 0.198. The van der Waals surface area contributed by atoms with Gasteiger partial charge in [-0.1, -0.05) is 47.6 Å². The predicted octanol–water partition coefficient (Wildman–Crippen LogP) is 4.17. The van der Waals surface area contributed by atoms with Crippen molar-refractivity contribution in [1.29, 1.82) is 0 Å². The van der Waals surface area contributed by atoms with Gasteiger partial charge in [-0.25, -0.2) is 4.39 Å². The van der Waals surface area contributed by atoms with E-state index in [0.29, 0.717) is 28.8 Å². The highest BCUT2D eigenvalue weighted by atomic mass is 19.1. The lowest BCUT2D eigenvalue weighted by Gasteiger charge is -2.13. The molecule has 5 nitrogen and oxygen atoms in total. The number of carbonyl (C=O) groups is 1. The highest BCUT2D eigenvalue weighted by Gasteiger charge is 2.29. The molecule has 27 heavy (non-hydrogen) atoms. The van der Waals surface area contributed by atoms with Gasteiger partial charge in [-0.05, 0) is 37.0 Å². The van der Waals surface area contributed by atoms with Crippen LogP contribution in [0.2, 0.25) is 0 Å². The van der Waals surface area contributed by atoms with E-state index in [1.54, 1.807) is 19.1 Å². The van der Waals surface area contributed by atoms with Crippen molar-refractivity contribution < 1.29 is 13.7 Å². The Balaban J connectivity index is 1.41. The summed E-state index contributed by atoms with van der Waals surface area (Å²) < 4.78 is 19.7. The maximum absolute atomic E-state index is 14.5. The summed E-state index contributed by atoms with van der Waals surface area (Å²) in [5, 5.41) is 6.67. The molecule has 0 aliphatic heterocycles. The molecular formula is C21H20FN3O2. The number of rotatable bonds is 6. The van der Waals surface area contributed by atoms with Crippen LogP contribution in [0, 0.1) is 5.82 Å². The summed E-state index contributed by atoms with van der Waals surface area (Å²) in [5.74, 6) is 0.449. The summed E-state index contributed by atoms with van der Waals surface area (Å²) in [5.41, 5.74) is 1.95. The zero-order chi connectivity index (χ0) is 18.8. The van der Waals surface area contributed by atoms with Gasteiger partial charge in [-0.3, -0.25) is 4.79 Å². The van der Waals surface area contributed by atoms with E-state index in [4.69, 9.17) is 4.52 Å². The first-order valence-corrected chi connectivity index (χ1v) is 9.07. The van der Waals surface area contributed by atoms with E-state index in [1.165, 1.54) is 6.07 Å². The molecule has 1 unspecified atom stereocenters. The molecule has 1 atom stereocenters. The summed E-state index contributed by atoms with van der Waals surface area (Å²) in [6.07, 6.45) is 2.16. The number of amides is 1. The van der Waals surface area contributed by atoms with Crippen molar-refractivity contribution in [3.63, 3.8) is 0 Å². The fourth-order valence-corrected chi connectivity index (χ4v) is 2.96. The molecule has 138 valence electrons. The van der Waals surface area contributed by atoms with Crippen molar-refractivity contribution in [2.24, 2.45) is 0 Å². The van der Waals surface area contributed by atoms with Crippen molar-refractivity contribution in [2.75, 3.05) is 0 Å². The molecule has 1 N–H and O–H groups in total. The number of hydrogen-bond donors (Lipinski definition) is 1. The minimum atomic E-state index is -0.487. The summed E-state index contributed by atoms with van der Waals surface area (Å²) >= 11 is 0. The van der Waals surface area contributed by atoms with Crippen LogP contribution in [0.1, 0.15) is 48.9 Å². The number of hydrogen-bond acceptors (Lipinski definition) is 4. The summed E-state index contributed by atoms with van der Waals surface area (Å²) in [6, 6.07) is 14.3. The molecule has 2 aromatic carbocycles. The van der Waals surface area contributed by atoms with Gasteiger partial charge in [0.1, 0.15) is 5.82 Å². The van der Waals surface area contributed by atoms with E-state index in [1.807, 2.05) is 30.3 Å². The quantitative estimate of drug-likeness (QED) is 0.712. The van der Waals surface area contributed by atoms with E-state index >= 15 is 0 Å². The fourth-order valence-electron chi connectivity index (χ4n) is 2.96. The third-order valence-electron chi connectivity index (χ3n) is 4.80.